The Labute approximate surface area is 138 Å². The lowest BCUT2D eigenvalue weighted by Gasteiger charge is -2.17. The number of pyridine rings is 1. The molecule has 0 unspecified atom stereocenters. The Bertz CT molecular complexity index is 997. The maximum Gasteiger partial charge on any atom is 0.231 e. The number of ether oxygens (including phenoxy) is 3. The molecule has 1 N–H and O–H groups in total. The molecule has 24 heavy (non-hydrogen) atoms. The van der Waals surface area contributed by atoms with Gasteiger partial charge in [-0.3, -0.25) is 0 Å². The third-order valence-corrected chi connectivity index (χ3v) is 4.80. The Morgan fingerprint density at radius 1 is 1.17 bits per heavy atom. The third kappa shape index (κ3) is 1.78. The van der Waals surface area contributed by atoms with E-state index in [9.17, 15) is 5.11 Å². The lowest BCUT2D eigenvalue weighted by atomic mass is 9.95. The molecule has 5 nitrogen and oxygen atoms in total. The minimum Gasteiger partial charge on any atom is -0.504 e. The molecule has 0 radical (unpaired) electrons. The molecule has 0 amide bonds. The van der Waals surface area contributed by atoms with Crippen molar-refractivity contribution in [1.82, 2.24) is 0 Å². The van der Waals surface area contributed by atoms with Crippen LogP contribution in [0.15, 0.2) is 36.5 Å². The van der Waals surface area contributed by atoms with Gasteiger partial charge in [-0.15, -0.1) is 0 Å². The molecule has 5 rings (SSSR count). The second kappa shape index (κ2) is 4.77. The zero-order chi connectivity index (χ0) is 16.3. The number of phenolic OH excluding ortho intramolecular Hbond substituents is 1. The van der Waals surface area contributed by atoms with Gasteiger partial charge in [0.2, 0.25) is 12.5 Å². The average Bonchev–Trinajstić information content (AvgIpc) is 3.09. The fraction of sp³-hybridized carbons (Fsp3) is 0.211. The Hall–Kier alpha value is -2.95. The summed E-state index contributed by atoms with van der Waals surface area (Å²) in [6, 6.07) is 9.84. The van der Waals surface area contributed by atoms with Gasteiger partial charge >= 0.3 is 0 Å². The van der Waals surface area contributed by atoms with Crippen LogP contribution in [0, 0.1) is 0 Å². The van der Waals surface area contributed by atoms with Crippen LogP contribution >= 0.6 is 0 Å². The van der Waals surface area contributed by atoms with Crippen LogP contribution in [0.1, 0.15) is 5.56 Å². The number of hydrogen-bond acceptors (Lipinski definition) is 4. The molecule has 2 aromatic carbocycles. The quantitative estimate of drug-likeness (QED) is 0.700. The summed E-state index contributed by atoms with van der Waals surface area (Å²) < 4.78 is 18.5. The average molecular weight is 322 g/mol. The van der Waals surface area contributed by atoms with Crippen LogP contribution in [0.3, 0.4) is 0 Å². The van der Waals surface area contributed by atoms with E-state index in [1.165, 1.54) is 5.56 Å². The first-order chi connectivity index (χ1) is 11.7. The first kappa shape index (κ1) is 13.5. The molecule has 3 heterocycles. The molecule has 2 aliphatic rings. The van der Waals surface area contributed by atoms with Gasteiger partial charge in [-0.05, 0) is 35.2 Å². The summed E-state index contributed by atoms with van der Waals surface area (Å²) >= 11 is 0. The van der Waals surface area contributed by atoms with E-state index in [2.05, 4.69) is 16.8 Å². The highest BCUT2D eigenvalue weighted by molar-refractivity contribution is 5.92. The zero-order valence-electron chi connectivity index (χ0n) is 13.2. The van der Waals surface area contributed by atoms with Crippen LogP contribution in [0.25, 0.3) is 22.0 Å². The Kier molecular flexibility index (Phi) is 2.68. The molecule has 0 fully saturated rings. The van der Waals surface area contributed by atoms with Gasteiger partial charge in [0, 0.05) is 12.5 Å². The van der Waals surface area contributed by atoms with E-state index in [1.54, 1.807) is 13.2 Å². The van der Waals surface area contributed by atoms with Crippen LogP contribution < -0.4 is 18.8 Å². The number of phenols is 1. The third-order valence-electron chi connectivity index (χ3n) is 4.80. The van der Waals surface area contributed by atoms with Crippen molar-refractivity contribution in [1.29, 1.82) is 0 Å². The Balaban J connectivity index is 1.76. The van der Waals surface area contributed by atoms with Crippen LogP contribution in [0.5, 0.6) is 23.0 Å². The van der Waals surface area contributed by atoms with E-state index < -0.39 is 0 Å². The van der Waals surface area contributed by atoms with Gasteiger partial charge in [0.15, 0.2) is 35.7 Å². The number of hydrogen-bond donors (Lipinski definition) is 1. The number of benzene rings is 2. The highest BCUT2D eigenvalue weighted by Crippen LogP contribution is 2.41. The summed E-state index contributed by atoms with van der Waals surface area (Å²) in [5.74, 6) is 2.29. The molecule has 1 aromatic heterocycles. The van der Waals surface area contributed by atoms with Gasteiger partial charge in [0.25, 0.3) is 0 Å². The molecule has 5 heteroatoms. The Morgan fingerprint density at radius 2 is 2.08 bits per heavy atom. The minimum absolute atomic E-state index is 0.162. The van der Waals surface area contributed by atoms with Crippen molar-refractivity contribution in [2.75, 3.05) is 13.9 Å². The van der Waals surface area contributed by atoms with E-state index in [-0.39, 0.29) is 12.5 Å². The van der Waals surface area contributed by atoms with Crippen molar-refractivity contribution in [2.24, 2.45) is 0 Å². The molecule has 0 aliphatic carbocycles. The van der Waals surface area contributed by atoms with Gasteiger partial charge in [0.1, 0.15) is 0 Å². The molecular weight excluding hydrogens is 306 g/mol. The van der Waals surface area contributed by atoms with E-state index >= 15 is 0 Å². The molecule has 3 aromatic rings. The standard InChI is InChI=1S/C19H15NO4/c1-22-18-7-12-4-5-20-9-14-11(2-3-17-19(14)24-10-23-17)6-15(20)13(12)8-16(18)21/h2-3,6-9H,4-5,10H2,1H3/p+1. The summed E-state index contributed by atoms with van der Waals surface area (Å²) in [4.78, 5) is 0. The summed E-state index contributed by atoms with van der Waals surface area (Å²) in [6.45, 7) is 1.14. The predicted molar refractivity (Wildman–Crippen MR) is 87.6 cm³/mol. The number of fused-ring (bicyclic) bond motifs is 6. The minimum atomic E-state index is 0.162. The van der Waals surface area contributed by atoms with Crippen LogP contribution in [0.4, 0.5) is 0 Å². The SMILES string of the molecule is COc1cc2c(cc1O)-c1cc3ccc4c(c3c[n+]1CC2)OCO4. The van der Waals surface area contributed by atoms with E-state index in [0.717, 1.165) is 46.5 Å². The largest absolute Gasteiger partial charge is 0.504 e. The molecule has 120 valence electrons. The van der Waals surface area contributed by atoms with Crippen molar-refractivity contribution >= 4 is 10.8 Å². The maximum atomic E-state index is 10.2. The number of rotatable bonds is 1. The van der Waals surface area contributed by atoms with Crippen molar-refractivity contribution in [3.63, 3.8) is 0 Å². The van der Waals surface area contributed by atoms with Gasteiger partial charge in [-0.2, -0.15) is 4.57 Å². The smallest absolute Gasteiger partial charge is 0.231 e. The van der Waals surface area contributed by atoms with Crippen molar-refractivity contribution in [3.8, 4) is 34.3 Å². The fourth-order valence-electron chi connectivity index (χ4n) is 3.60. The van der Waals surface area contributed by atoms with Crippen LogP contribution in [-0.2, 0) is 13.0 Å². The lowest BCUT2D eigenvalue weighted by Crippen LogP contribution is -2.40. The normalized spacial score (nSPS) is 14.4. The summed E-state index contributed by atoms with van der Waals surface area (Å²) in [6.07, 6.45) is 3.00. The summed E-state index contributed by atoms with van der Waals surface area (Å²) in [5, 5.41) is 12.3. The molecule has 0 bridgehead atoms. The zero-order valence-corrected chi connectivity index (χ0v) is 13.2. The van der Waals surface area contributed by atoms with E-state index in [1.807, 2.05) is 18.2 Å². The monoisotopic (exact) mass is 322 g/mol. The summed E-state index contributed by atoms with van der Waals surface area (Å²) in [5.41, 5.74) is 3.31. The van der Waals surface area contributed by atoms with Gasteiger partial charge in [-0.25, -0.2) is 0 Å². The Morgan fingerprint density at radius 3 is 2.96 bits per heavy atom. The van der Waals surface area contributed by atoms with Gasteiger partial charge < -0.3 is 19.3 Å². The predicted octanol–water partition coefficient (Wildman–Crippen LogP) is 2.79. The van der Waals surface area contributed by atoms with E-state index in [4.69, 9.17) is 14.2 Å². The number of methoxy groups -OCH3 is 1. The molecule has 0 atom stereocenters. The number of aryl methyl sites for hydroxylation is 2. The summed E-state index contributed by atoms with van der Waals surface area (Å²) in [7, 11) is 1.57. The van der Waals surface area contributed by atoms with Gasteiger partial charge in [-0.1, -0.05) is 0 Å². The first-order valence-corrected chi connectivity index (χ1v) is 7.90. The van der Waals surface area contributed by atoms with Crippen molar-refractivity contribution in [2.45, 2.75) is 13.0 Å². The molecule has 0 saturated heterocycles. The highest BCUT2D eigenvalue weighted by atomic mass is 16.7. The number of nitrogens with zero attached hydrogens (tertiary/aromatic N) is 1. The van der Waals surface area contributed by atoms with E-state index in [0.29, 0.717) is 5.75 Å². The fourth-order valence-corrected chi connectivity index (χ4v) is 3.60. The topological polar surface area (TPSA) is 51.8 Å². The number of aromatic hydroxyl groups is 1. The van der Waals surface area contributed by atoms with Crippen molar-refractivity contribution < 1.29 is 23.9 Å². The number of aromatic nitrogens is 1. The first-order valence-electron chi connectivity index (χ1n) is 7.90. The van der Waals surface area contributed by atoms with Gasteiger partial charge in [0.05, 0.1) is 18.1 Å². The molecule has 0 spiro atoms. The second-order valence-electron chi connectivity index (χ2n) is 6.09. The highest BCUT2D eigenvalue weighted by Gasteiger charge is 2.27. The molecular formula is C19H16NO4+. The molecule has 2 aliphatic heterocycles. The second-order valence-corrected chi connectivity index (χ2v) is 6.09. The lowest BCUT2D eigenvalue weighted by molar-refractivity contribution is -0.686. The van der Waals surface area contributed by atoms with Crippen LogP contribution in [-0.4, -0.2) is 19.0 Å². The molecule has 0 saturated carbocycles. The maximum absolute atomic E-state index is 10.2. The van der Waals surface area contributed by atoms with Crippen LogP contribution in [0.2, 0.25) is 0 Å². The van der Waals surface area contributed by atoms with Crippen molar-refractivity contribution in [3.05, 3.63) is 42.1 Å².